The van der Waals surface area contributed by atoms with Gasteiger partial charge in [0.25, 0.3) is 5.56 Å². The number of hydrogen-bond acceptors (Lipinski definition) is 4. The molecular formula is C21H30N4O2S. The molecule has 0 bridgehead atoms. The zero-order valence-electron chi connectivity index (χ0n) is 16.8. The highest BCUT2D eigenvalue weighted by molar-refractivity contribution is 7.99. The fourth-order valence-corrected chi connectivity index (χ4v) is 4.37. The Morgan fingerprint density at radius 3 is 3.00 bits per heavy atom. The summed E-state index contributed by atoms with van der Waals surface area (Å²) in [6.45, 7) is 5.31. The third-order valence-corrected chi connectivity index (χ3v) is 6.03. The molecule has 2 aromatic heterocycles. The van der Waals surface area contributed by atoms with Crippen molar-refractivity contribution < 1.29 is 4.79 Å². The SMILES string of the molecule is CCCCn1c(SCC(=O)NCCC2=CCCCC2)nc2cc(C)[nH]c2c1=O. The van der Waals surface area contributed by atoms with E-state index < -0.39 is 0 Å². The summed E-state index contributed by atoms with van der Waals surface area (Å²) in [4.78, 5) is 32.8. The van der Waals surface area contributed by atoms with Crippen molar-refractivity contribution in [1.29, 1.82) is 0 Å². The van der Waals surface area contributed by atoms with Crippen molar-refractivity contribution in [2.75, 3.05) is 12.3 Å². The van der Waals surface area contributed by atoms with Crippen LogP contribution in [0.15, 0.2) is 27.7 Å². The monoisotopic (exact) mass is 402 g/mol. The van der Waals surface area contributed by atoms with Crippen molar-refractivity contribution in [3.63, 3.8) is 0 Å². The molecule has 28 heavy (non-hydrogen) atoms. The molecule has 0 spiro atoms. The molecule has 2 N–H and O–H groups in total. The molecule has 0 unspecified atom stereocenters. The number of nitrogens with zero attached hydrogens (tertiary/aromatic N) is 2. The van der Waals surface area contributed by atoms with E-state index in [-0.39, 0.29) is 17.2 Å². The smallest absolute Gasteiger partial charge is 0.278 e. The molecule has 0 saturated carbocycles. The van der Waals surface area contributed by atoms with Crippen LogP contribution in [0, 0.1) is 6.92 Å². The second-order valence-corrected chi connectivity index (χ2v) is 8.36. The van der Waals surface area contributed by atoms with Crippen molar-refractivity contribution >= 4 is 28.7 Å². The van der Waals surface area contributed by atoms with Gasteiger partial charge in [-0.05, 0) is 51.5 Å². The fourth-order valence-electron chi connectivity index (χ4n) is 3.51. The number of unbranched alkanes of at least 4 members (excludes halogenated alkanes) is 1. The van der Waals surface area contributed by atoms with E-state index in [9.17, 15) is 9.59 Å². The highest BCUT2D eigenvalue weighted by atomic mass is 32.2. The molecule has 152 valence electrons. The van der Waals surface area contributed by atoms with E-state index in [1.165, 1.54) is 36.6 Å². The Bertz CT molecular complexity index is 913. The molecule has 2 aromatic rings. The summed E-state index contributed by atoms with van der Waals surface area (Å²) in [6, 6.07) is 1.88. The van der Waals surface area contributed by atoms with Crippen LogP contribution in [0.25, 0.3) is 11.0 Å². The van der Waals surface area contributed by atoms with E-state index in [0.717, 1.165) is 31.4 Å². The Morgan fingerprint density at radius 2 is 2.25 bits per heavy atom. The number of nitrogens with one attached hydrogen (secondary N) is 2. The Hall–Kier alpha value is -2.02. The van der Waals surface area contributed by atoms with E-state index >= 15 is 0 Å². The molecule has 0 saturated heterocycles. The number of amides is 1. The molecule has 0 aliphatic heterocycles. The molecule has 0 radical (unpaired) electrons. The van der Waals surface area contributed by atoms with Gasteiger partial charge in [-0.3, -0.25) is 14.2 Å². The Balaban J connectivity index is 1.62. The van der Waals surface area contributed by atoms with Crippen LogP contribution >= 0.6 is 11.8 Å². The van der Waals surface area contributed by atoms with Gasteiger partial charge in [0.05, 0.1) is 11.3 Å². The molecule has 1 amide bonds. The summed E-state index contributed by atoms with van der Waals surface area (Å²) in [5, 5.41) is 3.62. The normalized spacial score (nSPS) is 14.3. The number of H-pyrrole nitrogens is 1. The van der Waals surface area contributed by atoms with Gasteiger partial charge in [0.1, 0.15) is 5.52 Å². The number of rotatable bonds is 9. The van der Waals surface area contributed by atoms with Gasteiger partial charge in [0.2, 0.25) is 5.91 Å². The minimum absolute atomic E-state index is 0.0111. The average molecular weight is 403 g/mol. The van der Waals surface area contributed by atoms with Crippen LogP contribution < -0.4 is 10.9 Å². The lowest BCUT2D eigenvalue weighted by Crippen LogP contribution is -2.28. The Labute approximate surface area is 170 Å². The number of thioether (sulfide) groups is 1. The summed E-state index contributed by atoms with van der Waals surface area (Å²) in [5.41, 5.74) is 3.53. The fraction of sp³-hybridized carbons (Fsp3) is 0.571. The molecule has 1 aliphatic rings. The number of carbonyl (C=O) groups is 1. The second kappa shape index (κ2) is 9.96. The predicted molar refractivity (Wildman–Crippen MR) is 115 cm³/mol. The van der Waals surface area contributed by atoms with Gasteiger partial charge in [0, 0.05) is 18.8 Å². The highest BCUT2D eigenvalue weighted by Gasteiger charge is 2.14. The van der Waals surface area contributed by atoms with Gasteiger partial charge < -0.3 is 10.3 Å². The summed E-state index contributed by atoms with van der Waals surface area (Å²) in [5.74, 6) is 0.259. The van der Waals surface area contributed by atoms with Crippen LogP contribution in [0.1, 0.15) is 57.6 Å². The van der Waals surface area contributed by atoms with E-state index in [1.54, 1.807) is 4.57 Å². The number of fused-ring (bicyclic) bond motifs is 1. The van der Waals surface area contributed by atoms with Crippen LogP contribution in [-0.4, -0.2) is 32.7 Å². The van der Waals surface area contributed by atoms with Crippen LogP contribution in [0.4, 0.5) is 0 Å². The van der Waals surface area contributed by atoms with Crippen LogP contribution in [0.5, 0.6) is 0 Å². The lowest BCUT2D eigenvalue weighted by Gasteiger charge is -2.13. The Kier molecular flexibility index (Phi) is 7.36. The first-order valence-corrected chi connectivity index (χ1v) is 11.2. The van der Waals surface area contributed by atoms with Crippen molar-refractivity contribution in [1.82, 2.24) is 19.9 Å². The van der Waals surface area contributed by atoms with E-state index in [4.69, 9.17) is 0 Å². The first-order valence-electron chi connectivity index (χ1n) is 10.3. The van der Waals surface area contributed by atoms with Crippen LogP contribution in [0.3, 0.4) is 0 Å². The lowest BCUT2D eigenvalue weighted by atomic mass is 9.97. The quantitative estimate of drug-likeness (QED) is 0.378. The van der Waals surface area contributed by atoms with E-state index in [0.29, 0.717) is 29.3 Å². The molecular weight excluding hydrogens is 372 g/mol. The molecule has 2 heterocycles. The van der Waals surface area contributed by atoms with Crippen molar-refractivity contribution in [2.45, 2.75) is 70.5 Å². The maximum Gasteiger partial charge on any atom is 0.278 e. The van der Waals surface area contributed by atoms with E-state index in [1.807, 2.05) is 13.0 Å². The summed E-state index contributed by atoms with van der Waals surface area (Å²) in [6.07, 6.45) is 10.0. The van der Waals surface area contributed by atoms with Gasteiger partial charge in [-0.25, -0.2) is 4.98 Å². The predicted octanol–water partition coefficient (Wildman–Crippen LogP) is 3.93. The number of carbonyl (C=O) groups excluding carboxylic acids is 1. The van der Waals surface area contributed by atoms with Crippen molar-refractivity contribution in [3.8, 4) is 0 Å². The standard InChI is InChI=1S/C21H30N4O2S/c1-3-4-12-25-20(27)19-17(13-15(2)23-19)24-21(25)28-14-18(26)22-11-10-16-8-6-5-7-9-16/h8,13,23H,3-7,9-12,14H2,1-2H3,(H,22,26). The summed E-state index contributed by atoms with van der Waals surface area (Å²) >= 11 is 1.34. The minimum atomic E-state index is -0.0568. The van der Waals surface area contributed by atoms with Gasteiger partial charge in [-0.2, -0.15) is 0 Å². The zero-order valence-corrected chi connectivity index (χ0v) is 17.7. The van der Waals surface area contributed by atoms with Gasteiger partial charge >= 0.3 is 0 Å². The third-order valence-electron chi connectivity index (χ3n) is 5.06. The number of hydrogen-bond donors (Lipinski definition) is 2. The van der Waals surface area contributed by atoms with Crippen LogP contribution in [0.2, 0.25) is 0 Å². The highest BCUT2D eigenvalue weighted by Crippen LogP contribution is 2.20. The molecule has 7 heteroatoms. The van der Waals surface area contributed by atoms with Gasteiger partial charge in [-0.1, -0.05) is 36.8 Å². The minimum Gasteiger partial charge on any atom is -0.355 e. The first-order chi connectivity index (χ1) is 13.6. The average Bonchev–Trinajstić information content (AvgIpc) is 3.07. The van der Waals surface area contributed by atoms with Crippen molar-refractivity contribution in [3.05, 3.63) is 33.8 Å². The lowest BCUT2D eigenvalue weighted by molar-refractivity contribution is -0.118. The number of aromatic nitrogens is 3. The molecule has 0 aromatic carbocycles. The maximum absolute atomic E-state index is 12.8. The number of allylic oxidation sites excluding steroid dienone is 1. The molecule has 0 fully saturated rings. The molecule has 6 nitrogen and oxygen atoms in total. The first kappa shape index (κ1) is 20.7. The van der Waals surface area contributed by atoms with Gasteiger partial charge in [0.15, 0.2) is 5.16 Å². The van der Waals surface area contributed by atoms with Gasteiger partial charge in [-0.15, -0.1) is 0 Å². The Morgan fingerprint density at radius 1 is 1.39 bits per heavy atom. The van der Waals surface area contributed by atoms with Crippen molar-refractivity contribution in [2.24, 2.45) is 0 Å². The third kappa shape index (κ3) is 5.28. The summed E-state index contributed by atoms with van der Waals surface area (Å²) < 4.78 is 1.70. The summed E-state index contributed by atoms with van der Waals surface area (Å²) in [7, 11) is 0. The van der Waals surface area contributed by atoms with Crippen LogP contribution in [-0.2, 0) is 11.3 Å². The van der Waals surface area contributed by atoms with E-state index in [2.05, 4.69) is 28.3 Å². The second-order valence-electron chi connectivity index (χ2n) is 7.41. The number of aromatic amines is 1. The largest absolute Gasteiger partial charge is 0.355 e. The molecule has 3 rings (SSSR count). The zero-order chi connectivity index (χ0) is 19.9. The topological polar surface area (TPSA) is 79.8 Å². The molecule has 0 atom stereocenters. The maximum atomic E-state index is 12.8. The number of aryl methyl sites for hydroxylation is 1. The molecule has 1 aliphatic carbocycles.